The van der Waals surface area contributed by atoms with E-state index in [1.165, 1.54) is 6.07 Å². The first-order chi connectivity index (χ1) is 9.76. The van der Waals surface area contributed by atoms with E-state index in [1.54, 1.807) is 23.5 Å². The molecule has 3 rings (SSSR count). The van der Waals surface area contributed by atoms with E-state index in [0.29, 0.717) is 5.52 Å². The Kier molecular flexibility index (Phi) is 2.53. The molecule has 1 unspecified atom stereocenters. The summed E-state index contributed by atoms with van der Waals surface area (Å²) in [4.78, 5) is 27.3. The van der Waals surface area contributed by atoms with Gasteiger partial charge in [0.05, 0.1) is 11.0 Å². The number of anilines is 1. The second-order valence-electron chi connectivity index (χ2n) is 4.62. The number of carbonyl (C=O) groups excluding carboxylic acids is 2. The summed E-state index contributed by atoms with van der Waals surface area (Å²) < 4.78 is 40.8. The number of amides is 1. The van der Waals surface area contributed by atoms with E-state index in [2.05, 4.69) is 4.98 Å². The molecular weight excluding hydrogens is 289 g/mol. The van der Waals surface area contributed by atoms with Crippen molar-refractivity contribution in [2.75, 3.05) is 5.32 Å². The lowest BCUT2D eigenvalue weighted by Crippen LogP contribution is -2.66. The number of carbonyl (C=O) groups is 2. The highest BCUT2D eigenvalue weighted by Crippen LogP contribution is 2.39. The lowest BCUT2D eigenvalue weighted by atomic mass is 10.1. The fourth-order valence-corrected chi connectivity index (χ4v) is 2.32. The van der Waals surface area contributed by atoms with Crippen LogP contribution in [0.5, 0.6) is 0 Å². The van der Waals surface area contributed by atoms with Gasteiger partial charge in [0.2, 0.25) is 11.9 Å². The van der Waals surface area contributed by atoms with E-state index in [-0.39, 0.29) is 11.5 Å². The van der Waals surface area contributed by atoms with Crippen LogP contribution in [0.2, 0.25) is 0 Å². The highest BCUT2D eigenvalue weighted by atomic mass is 19.4. The maximum atomic E-state index is 13.3. The molecule has 2 N–H and O–H groups in total. The number of aromatic nitrogens is 2. The molecule has 1 aromatic carbocycles. The minimum absolute atomic E-state index is 0.237. The van der Waals surface area contributed by atoms with Crippen LogP contribution in [0, 0.1) is 0 Å². The summed E-state index contributed by atoms with van der Waals surface area (Å²) in [6.07, 6.45) is -5.02. The Morgan fingerprint density at radius 1 is 1.38 bits per heavy atom. The van der Waals surface area contributed by atoms with Gasteiger partial charge in [-0.15, -0.1) is 0 Å². The average Bonchev–Trinajstić information content (AvgIpc) is 2.84. The zero-order chi connectivity index (χ0) is 15.4. The van der Waals surface area contributed by atoms with Crippen molar-refractivity contribution in [3.63, 3.8) is 0 Å². The minimum atomic E-state index is -5.02. The topological polar surface area (TPSA) is 76.0 Å². The van der Waals surface area contributed by atoms with Crippen molar-refractivity contribution in [1.82, 2.24) is 14.9 Å². The molecule has 0 fully saturated rings. The summed E-state index contributed by atoms with van der Waals surface area (Å²) in [5.41, 5.74) is -2.57. The van der Waals surface area contributed by atoms with Crippen LogP contribution in [0.1, 0.15) is 11.7 Å². The SMILES string of the molecule is CC(=O)NC1(C(F)(F)F)Nc2nc3ccccc3n2C1=O. The molecule has 2 heterocycles. The van der Waals surface area contributed by atoms with Crippen LogP contribution in [0.3, 0.4) is 0 Å². The molecule has 0 bridgehead atoms. The third-order valence-corrected chi connectivity index (χ3v) is 3.17. The summed E-state index contributed by atoms with van der Waals surface area (Å²) in [5.74, 6) is -2.58. The van der Waals surface area contributed by atoms with Crippen LogP contribution in [-0.4, -0.2) is 33.2 Å². The first-order valence-electron chi connectivity index (χ1n) is 5.92. The number of nitrogens with one attached hydrogen (secondary N) is 2. The Morgan fingerprint density at radius 2 is 2.05 bits per heavy atom. The molecule has 1 aliphatic rings. The number of hydrogen-bond acceptors (Lipinski definition) is 4. The number of para-hydroxylation sites is 2. The van der Waals surface area contributed by atoms with Crippen LogP contribution in [-0.2, 0) is 4.79 Å². The second-order valence-corrected chi connectivity index (χ2v) is 4.62. The van der Waals surface area contributed by atoms with Gasteiger partial charge in [0, 0.05) is 6.92 Å². The summed E-state index contributed by atoms with van der Waals surface area (Å²) in [7, 11) is 0. The standard InChI is InChI=1S/C12H9F3N4O2/c1-6(20)17-11(12(13,14)15)9(21)19-8-5-3-2-4-7(8)16-10(19)18-11/h2-5H,1H3,(H,16,18)(H,17,20). The quantitative estimate of drug-likeness (QED) is 0.836. The number of nitrogens with zero attached hydrogens (tertiary/aromatic N) is 2. The fraction of sp³-hybridized carbons (Fsp3) is 0.250. The maximum absolute atomic E-state index is 13.3. The van der Waals surface area contributed by atoms with E-state index in [1.807, 2.05) is 5.32 Å². The van der Waals surface area contributed by atoms with Crippen LogP contribution in [0.25, 0.3) is 11.0 Å². The third-order valence-electron chi connectivity index (χ3n) is 3.17. The summed E-state index contributed by atoms with van der Waals surface area (Å²) in [5, 5.41) is 3.66. The monoisotopic (exact) mass is 298 g/mol. The molecular formula is C12H9F3N4O2. The largest absolute Gasteiger partial charge is 0.440 e. The number of benzene rings is 1. The minimum Gasteiger partial charge on any atom is -0.318 e. The number of hydrogen-bond donors (Lipinski definition) is 2. The molecule has 0 radical (unpaired) electrons. The van der Waals surface area contributed by atoms with Crippen molar-refractivity contribution < 1.29 is 22.8 Å². The highest BCUT2D eigenvalue weighted by Gasteiger charge is 2.66. The lowest BCUT2D eigenvalue weighted by molar-refractivity contribution is -0.175. The van der Waals surface area contributed by atoms with E-state index in [4.69, 9.17) is 0 Å². The summed E-state index contributed by atoms with van der Waals surface area (Å²) in [6.45, 7) is 0.904. The molecule has 21 heavy (non-hydrogen) atoms. The molecule has 0 spiro atoms. The third kappa shape index (κ3) is 1.70. The van der Waals surface area contributed by atoms with Crippen LogP contribution < -0.4 is 10.6 Å². The van der Waals surface area contributed by atoms with Gasteiger partial charge in [-0.2, -0.15) is 13.2 Å². The van der Waals surface area contributed by atoms with Crippen molar-refractivity contribution in [2.24, 2.45) is 0 Å². The maximum Gasteiger partial charge on any atom is 0.440 e. The van der Waals surface area contributed by atoms with E-state index in [9.17, 15) is 22.8 Å². The second kappa shape index (κ2) is 3.96. The first-order valence-corrected chi connectivity index (χ1v) is 5.92. The highest BCUT2D eigenvalue weighted by molar-refractivity contribution is 6.06. The van der Waals surface area contributed by atoms with Gasteiger partial charge in [-0.1, -0.05) is 12.1 Å². The molecule has 110 valence electrons. The van der Waals surface area contributed by atoms with E-state index >= 15 is 0 Å². The van der Waals surface area contributed by atoms with Gasteiger partial charge in [-0.3, -0.25) is 9.59 Å². The first kappa shape index (κ1) is 13.4. The number of alkyl halides is 3. The Bertz CT molecular complexity index is 767. The average molecular weight is 298 g/mol. The van der Waals surface area contributed by atoms with Crippen molar-refractivity contribution >= 4 is 28.8 Å². The Labute approximate surface area is 115 Å². The van der Waals surface area contributed by atoms with Gasteiger partial charge in [-0.05, 0) is 12.1 Å². The van der Waals surface area contributed by atoms with E-state index < -0.39 is 23.7 Å². The molecule has 0 saturated heterocycles. The molecule has 2 aromatic rings. The zero-order valence-corrected chi connectivity index (χ0v) is 10.7. The van der Waals surface area contributed by atoms with Gasteiger partial charge >= 0.3 is 6.18 Å². The molecule has 1 atom stereocenters. The Hall–Kier alpha value is -2.58. The number of imidazole rings is 1. The zero-order valence-electron chi connectivity index (χ0n) is 10.7. The Morgan fingerprint density at radius 3 is 2.67 bits per heavy atom. The fourth-order valence-electron chi connectivity index (χ4n) is 2.32. The number of halogens is 3. The number of fused-ring (bicyclic) bond motifs is 3. The van der Waals surface area contributed by atoms with Crippen LogP contribution in [0.15, 0.2) is 24.3 Å². The Balaban J connectivity index is 2.20. The molecule has 1 aliphatic heterocycles. The molecule has 1 aromatic heterocycles. The smallest absolute Gasteiger partial charge is 0.318 e. The lowest BCUT2D eigenvalue weighted by Gasteiger charge is -2.29. The van der Waals surface area contributed by atoms with Crippen molar-refractivity contribution in [3.8, 4) is 0 Å². The predicted molar refractivity (Wildman–Crippen MR) is 66.6 cm³/mol. The van der Waals surface area contributed by atoms with Crippen molar-refractivity contribution in [2.45, 2.75) is 18.8 Å². The van der Waals surface area contributed by atoms with E-state index in [0.717, 1.165) is 11.5 Å². The number of rotatable bonds is 1. The molecule has 1 amide bonds. The normalized spacial score (nSPS) is 21.2. The van der Waals surface area contributed by atoms with Gasteiger partial charge in [0.15, 0.2) is 0 Å². The van der Waals surface area contributed by atoms with Gasteiger partial charge in [0.25, 0.3) is 11.6 Å². The van der Waals surface area contributed by atoms with Crippen molar-refractivity contribution in [3.05, 3.63) is 24.3 Å². The molecule has 9 heteroatoms. The van der Waals surface area contributed by atoms with Crippen molar-refractivity contribution in [1.29, 1.82) is 0 Å². The van der Waals surface area contributed by atoms with Gasteiger partial charge < -0.3 is 10.6 Å². The van der Waals surface area contributed by atoms with Gasteiger partial charge in [0.1, 0.15) is 0 Å². The summed E-state index contributed by atoms with van der Waals surface area (Å²) in [6, 6.07) is 6.28. The molecule has 0 saturated carbocycles. The predicted octanol–water partition coefficient (Wildman–Crippen LogP) is 1.50. The molecule has 0 aliphatic carbocycles. The van der Waals surface area contributed by atoms with Crippen LogP contribution >= 0.6 is 0 Å². The van der Waals surface area contributed by atoms with Crippen LogP contribution in [0.4, 0.5) is 19.1 Å². The molecule has 6 nitrogen and oxygen atoms in total. The summed E-state index contributed by atoms with van der Waals surface area (Å²) >= 11 is 0. The van der Waals surface area contributed by atoms with Gasteiger partial charge in [-0.25, -0.2) is 9.55 Å².